The van der Waals surface area contributed by atoms with Crippen molar-refractivity contribution in [3.63, 3.8) is 0 Å². The molecule has 56 valence electrons. The van der Waals surface area contributed by atoms with Gasteiger partial charge in [0.15, 0.2) is 0 Å². The van der Waals surface area contributed by atoms with E-state index >= 15 is 0 Å². The Hall–Kier alpha value is -1.18. The first-order valence-corrected chi connectivity index (χ1v) is 2.79. The fourth-order valence-electron chi connectivity index (χ4n) is 0.628. The van der Waals surface area contributed by atoms with Crippen LogP contribution in [-0.4, -0.2) is 12.2 Å². The fourth-order valence-corrected chi connectivity index (χ4v) is 0.628. The van der Waals surface area contributed by atoms with Gasteiger partial charge in [-0.25, -0.2) is 0 Å². The van der Waals surface area contributed by atoms with Crippen molar-refractivity contribution in [2.24, 2.45) is 0 Å². The molecule has 0 atom stereocenters. The molecule has 0 aromatic heterocycles. The maximum atomic E-state index is 8.82. The number of phenols is 1. The lowest BCUT2D eigenvalue weighted by atomic mass is 10.3. The van der Waals surface area contributed by atoms with Gasteiger partial charge in [-0.3, -0.25) is 0 Å². The Morgan fingerprint density at radius 2 is 1.70 bits per heavy atom. The Balaban J connectivity index is 0.000000810. The largest absolute Gasteiger partial charge is 0.508 e. The summed E-state index contributed by atoms with van der Waals surface area (Å²) < 4.78 is 0. The molecule has 0 heterocycles. The first-order chi connectivity index (χ1) is 4.33. The summed E-state index contributed by atoms with van der Waals surface area (Å²) in [5.41, 5.74) is 1.01. The highest BCUT2D eigenvalue weighted by Crippen LogP contribution is 2.12. The molecule has 2 nitrogen and oxygen atoms in total. The number of hydrogen-bond acceptors (Lipinski definition) is 2. The summed E-state index contributed by atoms with van der Waals surface area (Å²) in [6, 6.07) is 6.92. The highest BCUT2D eigenvalue weighted by Gasteiger charge is 1.85. The van der Waals surface area contributed by atoms with E-state index in [1.807, 2.05) is 19.2 Å². The van der Waals surface area contributed by atoms with Crippen molar-refractivity contribution in [3.8, 4) is 5.75 Å². The zero-order valence-corrected chi connectivity index (χ0v) is 5.26. The second kappa shape index (κ2) is 3.77. The monoisotopic (exact) mass is 139 g/mol. The Bertz CT molecular complexity index is 181. The van der Waals surface area contributed by atoms with E-state index in [9.17, 15) is 0 Å². The minimum Gasteiger partial charge on any atom is -0.508 e. The number of aromatic hydroxyl groups is 1. The number of nitrogens with one attached hydrogen (secondary N) is 1. The van der Waals surface area contributed by atoms with Crippen LogP contribution in [0.15, 0.2) is 24.3 Å². The summed E-state index contributed by atoms with van der Waals surface area (Å²) in [5, 5.41) is 11.8. The molecular formula is C8H13NO. The highest BCUT2D eigenvalue weighted by atomic mass is 16.3. The van der Waals surface area contributed by atoms with Gasteiger partial charge < -0.3 is 10.4 Å². The van der Waals surface area contributed by atoms with Crippen molar-refractivity contribution in [3.05, 3.63) is 24.3 Å². The molecule has 0 radical (unpaired) electrons. The molecule has 1 rings (SSSR count). The lowest BCUT2D eigenvalue weighted by molar-refractivity contribution is 0.475. The van der Waals surface area contributed by atoms with Gasteiger partial charge in [0.2, 0.25) is 0 Å². The van der Waals surface area contributed by atoms with Crippen LogP contribution in [0.25, 0.3) is 0 Å². The summed E-state index contributed by atoms with van der Waals surface area (Å²) in [4.78, 5) is 0. The Morgan fingerprint density at radius 3 is 2.10 bits per heavy atom. The topological polar surface area (TPSA) is 32.3 Å². The van der Waals surface area contributed by atoms with Crippen LogP contribution in [0.2, 0.25) is 0 Å². The molecule has 0 bridgehead atoms. The van der Waals surface area contributed by atoms with Gasteiger partial charge in [-0.2, -0.15) is 0 Å². The first-order valence-electron chi connectivity index (χ1n) is 2.79. The molecular weight excluding hydrogens is 126 g/mol. The van der Waals surface area contributed by atoms with Gasteiger partial charge in [0.1, 0.15) is 5.75 Å². The van der Waals surface area contributed by atoms with E-state index in [1.54, 1.807) is 12.1 Å². The molecule has 2 N–H and O–H groups in total. The van der Waals surface area contributed by atoms with E-state index in [1.165, 1.54) is 0 Å². The number of phenolic OH excluding ortho intramolecular Hbond substituents is 1. The van der Waals surface area contributed by atoms with Crippen molar-refractivity contribution in [1.82, 2.24) is 0 Å². The molecule has 0 aliphatic carbocycles. The molecule has 0 saturated carbocycles. The van der Waals surface area contributed by atoms with Crippen LogP contribution >= 0.6 is 0 Å². The quantitative estimate of drug-likeness (QED) is 0.584. The van der Waals surface area contributed by atoms with Crippen LogP contribution in [0.5, 0.6) is 5.75 Å². The predicted molar refractivity (Wildman–Crippen MR) is 44.4 cm³/mol. The molecule has 0 amide bonds. The number of hydrogen-bond donors (Lipinski definition) is 2. The third-order valence-corrected chi connectivity index (χ3v) is 1.16. The molecule has 0 aliphatic rings. The molecule has 0 spiro atoms. The molecule has 10 heavy (non-hydrogen) atoms. The van der Waals surface area contributed by atoms with Crippen molar-refractivity contribution in [2.45, 2.75) is 7.43 Å². The first kappa shape index (κ1) is 8.82. The standard InChI is InChI=1S/C7H9NO.CH4/c1-8-6-2-4-7(9)5-3-6;/h2-5,8-9H,1H3;1H4. The SMILES string of the molecule is C.CNc1ccc(O)cc1. The lowest BCUT2D eigenvalue weighted by Gasteiger charge is -1.96. The zero-order chi connectivity index (χ0) is 6.69. The van der Waals surface area contributed by atoms with Crippen LogP contribution in [0.3, 0.4) is 0 Å². The van der Waals surface area contributed by atoms with Crippen molar-refractivity contribution >= 4 is 5.69 Å². The van der Waals surface area contributed by atoms with Crippen LogP contribution in [-0.2, 0) is 0 Å². The summed E-state index contributed by atoms with van der Waals surface area (Å²) in [6.07, 6.45) is 0. The Morgan fingerprint density at radius 1 is 1.20 bits per heavy atom. The molecule has 0 saturated heterocycles. The summed E-state index contributed by atoms with van der Waals surface area (Å²) in [5.74, 6) is 0.300. The summed E-state index contributed by atoms with van der Waals surface area (Å²) in [7, 11) is 1.84. The Kier molecular flexibility index (Phi) is 3.33. The third kappa shape index (κ3) is 1.97. The molecule has 2 heteroatoms. The van der Waals surface area contributed by atoms with Gasteiger partial charge in [-0.15, -0.1) is 0 Å². The van der Waals surface area contributed by atoms with Gasteiger partial charge in [0.25, 0.3) is 0 Å². The van der Waals surface area contributed by atoms with Crippen molar-refractivity contribution < 1.29 is 5.11 Å². The van der Waals surface area contributed by atoms with E-state index in [0.29, 0.717) is 5.75 Å². The van der Waals surface area contributed by atoms with Crippen LogP contribution in [0, 0.1) is 0 Å². The zero-order valence-electron chi connectivity index (χ0n) is 5.26. The van der Waals surface area contributed by atoms with E-state index in [2.05, 4.69) is 5.32 Å². The minimum atomic E-state index is 0. The minimum absolute atomic E-state index is 0. The van der Waals surface area contributed by atoms with Gasteiger partial charge in [0, 0.05) is 12.7 Å². The second-order valence-corrected chi connectivity index (χ2v) is 1.80. The highest BCUT2D eigenvalue weighted by molar-refractivity contribution is 5.45. The summed E-state index contributed by atoms with van der Waals surface area (Å²) in [6.45, 7) is 0. The molecule has 0 fully saturated rings. The molecule has 0 unspecified atom stereocenters. The maximum Gasteiger partial charge on any atom is 0.115 e. The number of benzene rings is 1. The summed E-state index contributed by atoms with van der Waals surface area (Å²) >= 11 is 0. The van der Waals surface area contributed by atoms with E-state index in [0.717, 1.165) is 5.69 Å². The van der Waals surface area contributed by atoms with E-state index in [-0.39, 0.29) is 7.43 Å². The number of anilines is 1. The molecule has 0 aliphatic heterocycles. The van der Waals surface area contributed by atoms with Crippen LogP contribution < -0.4 is 5.32 Å². The maximum absolute atomic E-state index is 8.82. The average molecular weight is 139 g/mol. The molecule has 1 aromatic rings. The van der Waals surface area contributed by atoms with Crippen molar-refractivity contribution in [1.29, 1.82) is 0 Å². The van der Waals surface area contributed by atoms with E-state index < -0.39 is 0 Å². The molecule has 1 aromatic carbocycles. The van der Waals surface area contributed by atoms with Gasteiger partial charge in [0.05, 0.1) is 0 Å². The van der Waals surface area contributed by atoms with Crippen LogP contribution in [0.1, 0.15) is 7.43 Å². The normalized spacial score (nSPS) is 8.10. The van der Waals surface area contributed by atoms with Gasteiger partial charge in [-0.05, 0) is 24.3 Å². The van der Waals surface area contributed by atoms with Crippen molar-refractivity contribution in [2.75, 3.05) is 12.4 Å². The number of rotatable bonds is 1. The average Bonchev–Trinajstić information content (AvgIpc) is 1.90. The smallest absolute Gasteiger partial charge is 0.115 e. The third-order valence-electron chi connectivity index (χ3n) is 1.16. The Labute approximate surface area is 61.5 Å². The predicted octanol–water partition coefficient (Wildman–Crippen LogP) is 2.07. The lowest BCUT2D eigenvalue weighted by Crippen LogP contribution is -1.84. The van der Waals surface area contributed by atoms with Crippen LogP contribution in [0.4, 0.5) is 5.69 Å². The van der Waals surface area contributed by atoms with Gasteiger partial charge in [-0.1, -0.05) is 7.43 Å². The van der Waals surface area contributed by atoms with Gasteiger partial charge >= 0.3 is 0 Å². The van der Waals surface area contributed by atoms with E-state index in [4.69, 9.17) is 5.11 Å². The second-order valence-electron chi connectivity index (χ2n) is 1.80. The fraction of sp³-hybridized carbons (Fsp3) is 0.250.